The largest absolute Gasteiger partial charge is 0.495 e. The molecule has 5 heteroatoms. The molecular weight excluding hydrogens is 307 g/mol. The van der Waals surface area contributed by atoms with Crippen molar-refractivity contribution >= 4 is 11.6 Å². The van der Waals surface area contributed by atoms with Crippen LogP contribution >= 0.6 is 0 Å². The third kappa shape index (κ3) is 5.35. The van der Waals surface area contributed by atoms with Crippen molar-refractivity contribution < 1.29 is 13.9 Å². The lowest BCUT2D eigenvalue weighted by Crippen LogP contribution is -2.33. The van der Waals surface area contributed by atoms with Gasteiger partial charge in [-0.15, -0.1) is 0 Å². The smallest absolute Gasteiger partial charge is 0.238 e. The third-order valence-corrected chi connectivity index (χ3v) is 3.61. The Morgan fingerprint density at radius 3 is 2.54 bits per heavy atom. The first kappa shape index (κ1) is 17.9. The summed E-state index contributed by atoms with van der Waals surface area (Å²) in [5.74, 6) is 0.274. The molecule has 2 aromatic rings. The molecule has 1 N–H and O–H groups in total. The van der Waals surface area contributed by atoms with E-state index in [1.165, 1.54) is 12.1 Å². The molecule has 0 atom stereocenters. The molecule has 0 heterocycles. The molecular formula is C19H23FN2O2. The van der Waals surface area contributed by atoms with Gasteiger partial charge in [-0.1, -0.05) is 31.2 Å². The van der Waals surface area contributed by atoms with Gasteiger partial charge in [-0.25, -0.2) is 4.39 Å². The van der Waals surface area contributed by atoms with Crippen LogP contribution in [-0.2, 0) is 11.3 Å². The summed E-state index contributed by atoms with van der Waals surface area (Å²) in [7, 11) is 1.57. The normalized spacial score (nSPS) is 10.7. The van der Waals surface area contributed by atoms with E-state index in [1.807, 2.05) is 17.0 Å². The molecule has 2 rings (SSSR count). The second-order valence-corrected chi connectivity index (χ2v) is 5.59. The number of para-hydroxylation sites is 2. The monoisotopic (exact) mass is 330 g/mol. The molecule has 0 aliphatic carbocycles. The van der Waals surface area contributed by atoms with Crippen LogP contribution in [0, 0.1) is 5.82 Å². The quantitative estimate of drug-likeness (QED) is 0.803. The average molecular weight is 330 g/mol. The number of halogens is 1. The second kappa shape index (κ2) is 9.03. The Morgan fingerprint density at radius 1 is 1.17 bits per heavy atom. The number of nitrogens with zero attached hydrogens (tertiary/aromatic N) is 1. The molecule has 0 spiro atoms. The van der Waals surface area contributed by atoms with Crippen LogP contribution in [0.25, 0.3) is 0 Å². The summed E-state index contributed by atoms with van der Waals surface area (Å²) in [6.45, 7) is 3.73. The molecule has 0 saturated heterocycles. The van der Waals surface area contributed by atoms with Gasteiger partial charge in [0.2, 0.25) is 5.91 Å². The molecule has 0 fully saturated rings. The van der Waals surface area contributed by atoms with Gasteiger partial charge in [0.05, 0.1) is 19.3 Å². The summed E-state index contributed by atoms with van der Waals surface area (Å²) in [6, 6.07) is 13.7. The van der Waals surface area contributed by atoms with Crippen molar-refractivity contribution in [3.63, 3.8) is 0 Å². The highest BCUT2D eigenvalue weighted by Gasteiger charge is 2.12. The summed E-state index contributed by atoms with van der Waals surface area (Å²) >= 11 is 0. The zero-order chi connectivity index (χ0) is 17.4. The molecule has 4 nitrogen and oxygen atoms in total. The fraction of sp³-hybridized carbons (Fsp3) is 0.316. The molecule has 0 aromatic heterocycles. The first-order valence-corrected chi connectivity index (χ1v) is 8.02. The first-order chi connectivity index (χ1) is 11.6. The van der Waals surface area contributed by atoms with E-state index in [-0.39, 0.29) is 18.3 Å². The number of amides is 1. The number of benzene rings is 2. The number of ether oxygens (including phenoxy) is 1. The van der Waals surface area contributed by atoms with Crippen molar-refractivity contribution in [3.05, 3.63) is 59.9 Å². The lowest BCUT2D eigenvalue weighted by atomic mass is 10.2. The van der Waals surface area contributed by atoms with Gasteiger partial charge in [0.25, 0.3) is 0 Å². The van der Waals surface area contributed by atoms with Crippen molar-refractivity contribution in [1.82, 2.24) is 4.90 Å². The fourth-order valence-corrected chi connectivity index (χ4v) is 2.52. The Balaban J connectivity index is 1.98. The highest BCUT2D eigenvalue weighted by Crippen LogP contribution is 2.22. The van der Waals surface area contributed by atoms with Gasteiger partial charge in [0.15, 0.2) is 0 Å². The highest BCUT2D eigenvalue weighted by molar-refractivity contribution is 5.93. The number of hydrogen-bond acceptors (Lipinski definition) is 3. The molecule has 0 saturated carbocycles. The number of nitrogens with one attached hydrogen (secondary N) is 1. The number of carbonyl (C=O) groups is 1. The Hall–Kier alpha value is -2.40. The number of methoxy groups -OCH3 is 1. The molecule has 2 aromatic carbocycles. The van der Waals surface area contributed by atoms with E-state index in [0.29, 0.717) is 18.0 Å². The van der Waals surface area contributed by atoms with Crippen LogP contribution in [0.5, 0.6) is 5.75 Å². The summed E-state index contributed by atoms with van der Waals surface area (Å²) < 4.78 is 18.2. The van der Waals surface area contributed by atoms with E-state index in [9.17, 15) is 9.18 Å². The minimum Gasteiger partial charge on any atom is -0.495 e. The third-order valence-electron chi connectivity index (χ3n) is 3.61. The summed E-state index contributed by atoms with van der Waals surface area (Å²) in [4.78, 5) is 14.4. The van der Waals surface area contributed by atoms with Gasteiger partial charge in [0.1, 0.15) is 11.6 Å². The SMILES string of the molecule is CCCN(CC(=O)Nc1ccccc1OC)Cc1ccc(F)cc1. The Kier molecular flexibility index (Phi) is 6.75. The van der Waals surface area contributed by atoms with Crippen molar-refractivity contribution in [2.24, 2.45) is 0 Å². The maximum atomic E-state index is 13.0. The van der Waals surface area contributed by atoms with Crippen LogP contribution in [0.3, 0.4) is 0 Å². The van der Waals surface area contributed by atoms with Gasteiger partial charge in [-0.3, -0.25) is 9.69 Å². The minimum absolute atomic E-state index is 0.102. The van der Waals surface area contributed by atoms with Gasteiger partial charge >= 0.3 is 0 Å². The fourth-order valence-electron chi connectivity index (χ4n) is 2.52. The summed E-state index contributed by atoms with van der Waals surface area (Å²) in [5, 5.41) is 2.88. The number of rotatable bonds is 8. The molecule has 0 radical (unpaired) electrons. The zero-order valence-electron chi connectivity index (χ0n) is 14.1. The second-order valence-electron chi connectivity index (χ2n) is 5.59. The zero-order valence-corrected chi connectivity index (χ0v) is 14.1. The van der Waals surface area contributed by atoms with Gasteiger partial charge in [0, 0.05) is 6.54 Å². The van der Waals surface area contributed by atoms with Gasteiger partial charge in [-0.2, -0.15) is 0 Å². The van der Waals surface area contributed by atoms with Crippen LogP contribution in [0.1, 0.15) is 18.9 Å². The number of carbonyl (C=O) groups excluding carboxylic acids is 1. The maximum absolute atomic E-state index is 13.0. The van der Waals surface area contributed by atoms with Gasteiger partial charge < -0.3 is 10.1 Å². The molecule has 0 aliphatic heterocycles. The highest BCUT2D eigenvalue weighted by atomic mass is 19.1. The molecule has 1 amide bonds. The number of anilines is 1. The standard InChI is InChI=1S/C19H23FN2O2/c1-3-12-22(13-15-8-10-16(20)11-9-15)14-19(23)21-17-6-4-5-7-18(17)24-2/h4-11H,3,12-14H2,1-2H3,(H,21,23). The first-order valence-electron chi connectivity index (χ1n) is 8.02. The molecule has 0 aliphatic rings. The van der Waals surface area contributed by atoms with E-state index in [0.717, 1.165) is 18.5 Å². The molecule has 0 bridgehead atoms. The predicted molar refractivity (Wildman–Crippen MR) is 93.6 cm³/mol. The van der Waals surface area contributed by atoms with Crippen LogP contribution in [0.4, 0.5) is 10.1 Å². The lowest BCUT2D eigenvalue weighted by Gasteiger charge is -2.21. The van der Waals surface area contributed by atoms with Crippen LogP contribution in [0.15, 0.2) is 48.5 Å². The Bertz CT molecular complexity index is 659. The van der Waals surface area contributed by atoms with Crippen LogP contribution in [-0.4, -0.2) is 31.0 Å². The predicted octanol–water partition coefficient (Wildman–Crippen LogP) is 3.69. The molecule has 0 unspecified atom stereocenters. The topological polar surface area (TPSA) is 41.6 Å². The van der Waals surface area contributed by atoms with Crippen molar-refractivity contribution in [2.45, 2.75) is 19.9 Å². The average Bonchev–Trinajstić information content (AvgIpc) is 2.57. The van der Waals surface area contributed by atoms with Crippen LogP contribution < -0.4 is 10.1 Å². The summed E-state index contributed by atoms with van der Waals surface area (Å²) in [6.07, 6.45) is 0.934. The van der Waals surface area contributed by atoms with E-state index in [4.69, 9.17) is 4.74 Å². The molecule has 128 valence electrons. The Morgan fingerprint density at radius 2 is 1.88 bits per heavy atom. The molecule has 24 heavy (non-hydrogen) atoms. The van der Waals surface area contributed by atoms with Crippen molar-refractivity contribution in [3.8, 4) is 5.75 Å². The summed E-state index contributed by atoms with van der Waals surface area (Å²) in [5.41, 5.74) is 1.64. The van der Waals surface area contributed by atoms with Crippen molar-refractivity contribution in [2.75, 3.05) is 25.5 Å². The van der Waals surface area contributed by atoms with E-state index in [2.05, 4.69) is 12.2 Å². The maximum Gasteiger partial charge on any atom is 0.238 e. The van der Waals surface area contributed by atoms with Crippen LogP contribution in [0.2, 0.25) is 0 Å². The number of hydrogen-bond donors (Lipinski definition) is 1. The van der Waals surface area contributed by atoms with Crippen molar-refractivity contribution in [1.29, 1.82) is 0 Å². The van der Waals surface area contributed by atoms with E-state index < -0.39 is 0 Å². The van der Waals surface area contributed by atoms with E-state index in [1.54, 1.807) is 31.4 Å². The Labute approximate surface area is 142 Å². The minimum atomic E-state index is -0.255. The van der Waals surface area contributed by atoms with E-state index >= 15 is 0 Å². The lowest BCUT2D eigenvalue weighted by molar-refractivity contribution is -0.117. The van der Waals surface area contributed by atoms with Gasteiger partial charge in [-0.05, 0) is 42.8 Å².